The van der Waals surface area contributed by atoms with Gasteiger partial charge in [-0.25, -0.2) is 0 Å². The Hall–Kier alpha value is -2.30. The zero-order valence-electron chi connectivity index (χ0n) is 15.1. The van der Waals surface area contributed by atoms with Crippen molar-refractivity contribution < 1.29 is 14.3 Å². The lowest BCUT2D eigenvalue weighted by Gasteiger charge is -2.29. The predicted octanol–water partition coefficient (Wildman–Crippen LogP) is 3.06. The summed E-state index contributed by atoms with van der Waals surface area (Å²) in [6, 6.07) is 7.51. The van der Waals surface area contributed by atoms with E-state index in [-0.39, 0.29) is 11.8 Å². The minimum absolute atomic E-state index is 0.157. The number of rotatable bonds is 6. The summed E-state index contributed by atoms with van der Waals surface area (Å²) in [7, 11) is 0. The van der Waals surface area contributed by atoms with Crippen LogP contribution in [0, 0.1) is 0 Å². The maximum absolute atomic E-state index is 12.8. The van der Waals surface area contributed by atoms with Gasteiger partial charge in [-0.1, -0.05) is 19.1 Å². The largest absolute Gasteiger partial charge is 0.494 e. The quantitative estimate of drug-likeness (QED) is 0.746. The molecule has 2 amide bonds. The predicted molar refractivity (Wildman–Crippen MR) is 97.0 cm³/mol. The van der Waals surface area contributed by atoms with Crippen LogP contribution in [0.2, 0.25) is 0 Å². The number of carbonyl (C=O) groups excluding carboxylic acids is 2. The average Bonchev–Trinajstić information content (AvgIpc) is 2.91. The lowest BCUT2D eigenvalue weighted by atomic mass is 10.0. The second-order valence-corrected chi connectivity index (χ2v) is 6.50. The van der Waals surface area contributed by atoms with Crippen LogP contribution in [0.25, 0.3) is 5.57 Å². The third-order valence-electron chi connectivity index (χ3n) is 4.75. The molecule has 2 aliphatic heterocycles. The number of hydrogen-bond donors (Lipinski definition) is 0. The van der Waals surface area contributed by atoms with Gasteiger partial charge in [0.05, 0.1) is 12.2 Å². The van der Waals surface area contributed by atoms with E-state index >= 15 is 0 Å². The summed E-state index contributed by atoms with van der Waals surface area (Å²) in [6.45, 7) is 6.65. The molecule has 0 N–H and O–H groups in total. The number of piperidine rings is 1. The Balaban J connectivity index is 1.96. The van der Waals surface area contributed by atoms with Gasteiger partial charge in [0.1, 0.15) is 11.4 Å². The first-order valence-electron chi connectivity index (χ1n) is 9.26. The van der Waals surface area contributed by atoms with Crippen molar-refractivity contribution in [1.82, 2.24) is 9.80 Å². The number of hydrogen-bond acceptors (Lipinski definition) is 4. The zero-order chi connectivity index (χ0) is 17.8. The second-order valence-electron chi connectivity index (χ2n) is 6.50. The highest BCUT2D eigenvalue weighted by molar-refractivity contribution is 6.35. The summed E-state index contributed by atoms with van der Waals surface area (Å²) in [5.74, 6) is 0.445. The molecule has 1 fully saturated rings. The molecular weight excluding hydrogens is 316 g/mol. The molecule has 1 saturated heterocycles. The smallest absolute Gasteiger partial charge is 0.277 e. The van der Waals surface area contributed by atoms with E-state index in [1.165, 1.54) is 11.3 Å². The molecule has 134 valence electrons. The number of benzene rings is 1. The van der Waals surface area contributed by atoms with Crippen molar-refractivity contribution >= 4 is 17.4 Å². The Labute approximate surface area is 149 Å². The third-order valence-corrected chi connectivity index (χ3v) is 4.75. The van der Waals surface area contributed by atoms with Crippen molar-refractivity contribution in [3.63, 3.8) is 0 Å². The Morgan fingerprint density at radius 2 is 1.64 bits per heavy atom. The summed E-state index contributed by atoms with van der Waals surface area (Å²) in [5, 5.41) is 0. The van der Waals surface area contributed by atoms with E-state index in [1.807, 2.05) is 31.2 Å². The zero-order valence-corrected chi connectivity index (χ0v) is 15.1. The molecule has 5 nitrogen and oxygen atoms in total. The van der Waals surface area contributed by atoms with Gasteiger partial charge in [-0.3, -0.25) is 14.5 Å². The van der Waals surface area contributed by atoms with Gasteiger partial charge in [0, 0.05) is 19.6 Å². The molecule has 3 rings (SSSR count). The first-order valence-corrected chi connectivity index (χ1v) is 9.26. The fourth-order valence-corrected chi connectivity index (χ4v) is 3.46. The van der Waals surface area contributed by atoms with Crippen LogP contribution >= 0.6 is 0 Å². The summed E-state index contributed by atoms with van der Waals surface area (Å²) < 4.78 is 5.62. The van der Waals surface area contributed by atoms with Crippen LogP contribution in [0.5, 0.6) is 5.75 Å². The van der Waals surface area contributed by atoms with Gasteiger partial charge in [-0.2, -0.15) is 0 Å². The molecule has 25 heavy (non-hydrogen) atoms. The SMILES string of the molecule is CCCOc1ccc(C2=C(N3CCCCC3)C(=O)N(CC)C2=O)cc1. The van der Waals surface area contributed by atoms with Crippen LogP contribution in [-0.4, -0.2) is 47.9 Å². The van der Waals surface area contributed by atoms with Gasteiger partial charge >= 0.3 is 0 Å². The molecule has 0 aliphatic carbocycles. The van der Waals surface area contributed by atoms with E-state index in [4.69, 9.17) is 4.74 Å². The molecule has 2 heterocycles. The van der Waals surface area contributed by atoms with Crippen LogP contribution < -0.4 is 4.74 Å². The molecular formula is C20H26N2O3. The number of imide groups is 1. The summed E-state index contributed by atoms with van der Waals surface area (Å²) in [4.78, 5) is 29.1. The van der Waals surface area contributed by atoms with Crippen molar-refractivity contribution in [2.45, 2.75) is 39.5 Å². The van der Waals surface area contributed by atoms with Crippen molar-refractivity contribution in [2.75, 3.05) is 26.2 Å². The first-order chi connectivity index (χ1) is 12.2. The molecule has 0 spiro atoms. The Bertz CT molecular complexity index is 673. The number of likely N-dealkylation sites (tertiary alicyclic amines) is 1. The standard InChI is InChI=1S/C20H26N2O3/c1-3-14-25-16-10-8-15(9-11-16)17-18(21-12-6-5-7-13-21)20(24)22(4-2)19(17)23/h8-11H,3-7,12-14H2,1-2H3. The van der Waals surface area contributed by atoms with E-state index in [9.17, 15) is 9.59 Å². The number of ether oxygens (including phenoxy) is 1. The molecule has 2 aliphatic rings. The maximum atomic E-state index is 12.8. The van der Waals surface area contributed by atoms with E-state index in [2.05, 4.69) is 11.8 Å². The van der Waals surface area contributed by atoms with E-state index in [0.29, 0.717) is 24.4 Å². The molecule has 0 atom stereocenters. The molecule has 0 radical (unpaired) electrons. The van der Waals surface area contributed by atoms with Gasteiger partial charge in [0.2, 0.25) is 0 Å². The van der Waals surface area contributed by atoms with E-state index < -0.39 is 0 Å². The van der Waals surface area contributed by atoms with Crippen LogP contribution in [0.1, 0.15) is 45.1 Å². The fraction of sp³-hybridized carbons (Fsp3) is 0.500. The average molecular weight is 342 g/mol. The Morgan fingerprint density at radius 3 is 2.24 bits per heavy atom. The highest BCUT2D eigenvalue weighted by atomic mass is 16.5. The summed E-state index contributed by atoms with van der Waals surface area (Å²) in [6.07, 6.45) is 4.26. The van der Waals surface area contributed by atoms with E-state index in [1.54, 1.807) is 0 Å². The highest BCUT2D eigenvalue weighted by Crippen LogP contribution is 2.33. The Morgan fingerprint density at radius 1 is 0.960 bits per heavy atom. The normalized spacial score (nSPS) is 18.3. The van der Waals surface area contributed by atoms with Crippen LogP contribution in [0.3, 0.4) is 0 Å². The number of amides is 2. The number of nitrogens with zero attached hydrogens (tertiary/aromatic N) is 2. The molecule has 1 aromatic rings. The molecule has 1 aromatic carbocycles. The number of carbonyl (C=O) groups is 2. The number of likely N-dealkylation sites (N-methyl/N-ethyl adjacent to an activating group) is 1. The van der Waals surface area contributed by atoms with Crippen molar-refractivity contribution in [2.24, 2.45) is 0 Å². The maximum Gasteiger partial charge on any atom is 0.277 e. The van der Waals surface area contributed by atoms with Crippen molar-refractivity contribution in [3.8, 4) is 5.75 Å². The second kappa shape index (κ2) is 7.72. The molecule has 0 aromatic heterocycles. The summed E-state index contributed by atoms with van der Waals surface area (Å²) in [5.41, 5.74) is 1.91. The van der Waals surface area contributed by atoms with Crippen LogP contribution in [0.15, 0.2) is 30.0 Å². The molecule has 5 heteroatoms. The van der Waals surface area contributed by atoms with Crippen molar-refractivity contribution in [1.29, 1.82) is 0 Å². The van der Waals surface area contributed by atoms with Gasteiger partial charge < -0.3 is 9.64 Å². The van der Waals surface area contributed by atoms with Gasteiger partial charge in [0.15, 0.2) is 0 Å². The van der Waals surface area contributed by atoms with Crippen LogP contribution in [-0.2, 0) is 9.59 Å². The lowest BCUT2D eigenvalue weighted by Crippen LogP contribution is -2.37. The van der Waals surface area contributed by atoms with E-state index in [0.717, 1.165) is 43.7 Å². The monoisotopic (exact) mass is 342 g/mol. The van der Waals surface area contributed by atoms with Gasteiger partial charge in [0.25, 0.3) is 11.8 Å². The lowest BCUT2D eigenvalue weighted by molar-refractivity contribution is -0.137. The third kappa shape index (κ3) is 3.41. The van der Waals surface area contributed by atoms with Crippen LogP contribution in [0.4, 0.5) is 0 Å². The Kier molecular flexibility index (Phi) is 5.41. The first kappa shape index (κ1) is 17.5. The highest BCUT2D eigenvalue weighted by Gasteiger charge is 2.40. The minimum Gasteiger partial charge on any atom is -0.494 e. The molecule has 0 unspecified atom stereocenters. The molecule has 0 saturated carbocycles. The van der Waals surface area contributed by atoms with Gasteiger partial charge in [-0.05, 0) is 50.3 Å². The minimum atomic E-state index is -0.185. The topological polar surface area (TPSA) is 49.9 Å². The summed E-state index contributed by atoms with van der Waals surface area (Å²) >= 11 is 0. The fourth-order valence-electron chi connectivity index (χ4n) is 3.46. The van der Waals surface area contributed by atoms with Gasteiger partial charge in [-0.15, -0.1) is 0 Å². The van der Waals surface area contributed by atoms with Crippen molar-refractivity contribution in [3.05, 3.63) is 35.5 Å². The molecule has 0 bridgehead atoms.